The highest BCUT2D eigenvalue weighted by Crippen LogP contribution is 2.20. The molecule has 0 aliphatic carbocycles. The molecule has 5 nitrogen and oxygen atoms in total. The van der Waals surface area contributed by atoms with Gasteiger partial charge in [0.25, 0.3) is 0 Å². The Morgan fingerprint density at radius 3 is 2.62 bits per heavy atom. The standard InChI is InChI=1S/C15H21FN2O3/c1-3-4-7-18(10-15(17)20)9-13(19)12-8-11(16)5-6-14(12)21-2/h5-6,8H,3-4,7,9-10H2,1-2H3,(H2,17,20). The molecule has 0 fully saturated rings. The van der Waals surface area contributed by atoms with Crippen LogP contribution in [0.1, 0.15) is 30.1 Å². The zero-order valence-electron chi connectivity index (χ0n) is 12.4. The van der Waals surface area contributed by atoms with Crippen molar-refractivity contribution in [1.82, 2.24) is 4.90 Å². The molecule has 1 aromatic carbocycles. The zero-order valence-corrected chi connectivity index (χ0v) is 12.4. The highest BCUT2D eigenvalue weighted by molar-refractivity contribution is 6.00. The van der Waals surface area contributed by atoms with Crippen molar-refractivity contribution >= 4 is 11.7 Å². The lowest BCUT2D eigenvalue weighted by Crippen LogP contribution is -2.38. The van der Waals surface area contributed by atoms with Crippen LogP contribution in [0.4, 0.5) is 4.39 Å². The van der Waals surface area contributed by atoms with Crippen molar-refractivity contribution < 1.29 is 18.7 Å². The number of halogens is 1. The van der Waals surface area contributed by atoms with Crippen LogP contribution >= 0.6 is 0 Å². The van der Waals surface area contributed by atoms with E-state index < -0.39 is 11.7 Å². The van der Waals surface area contributed by atoms with E-state index in [1.54, 1.807) is 4.90 Å². The molecule has 1 aromatic rings. The summed E-state index contributed by atoms with van der Waals surface area (Å²) in [7, 11) is 1.42. The van der Waals surface area contributed by atoms with Crippen LogP contribution in [0.25, 0.3) is 0 Å². The molecule has 0 spiro atoms. The number of ether oxygens (including phenoxy) is 1. The number of nitrogens with two attached hydrogens (primary N) is 1. The van der Waals surface area contributed by atoms with E-state index in [1.807, 2.05) is 6.92 Å². The minimum Gasteiger partial charge on any atom is -0.496 e. The summed E-state index contributed by atoms with van der Waals surface area (Å²) in [5.41, 5.74) is 5.35. The number of benzene rings is 1. The molecule has 0 aliphatic heterocycles. The maximum Gasteiger partial charge on any atom is 0.231 e. The van der Waals surface area contributed by atoms with E-state index in [2.05, 4.69) is 0 Å². The fraction of sp³-hybridized carbons (Fsp3) is 0.467. The number of rotatable bonds is 9. The smallest absolute Gasteiger partial charge is 0.231 e. The molecule has 1 rings (SSSR count). The summed E-state index contributed by atoms with van der Waals surface area (Å²) in [4.78, 5) is 25.0. The van der Waals surface area contributed by atoms with Gasteiger partial charge in [-0.3, -0.25) is 14.5 Å². The second kappa shape index (κ2) is 8.36. The molecular weight excluding hydrogens is 275 g/mol. The number of Topliss-reactive ketones (excluding diaryl/α,β-unsaturated/α-hetero) is 1. The minimum atomic E-state index is -0.505. The van der Waals surface area contributed by atoms with Crippen molar-refractivity contribution in [3.05, 3.63) is 29.6 Å². The minimum absolute atomic E-state index is 0.00273. The van der Waals surface area contributed by atoms with Gasteiger partial charge in [0.15, 0.2) is 5.78 Å². The highest BCUT2D eigenvalue weighted by atomic mass is 19.1. The number of hydrogen-bond acceptors (Lipinski definition) is 4. The average Bonchev–Trinajstić information content (AvgIpc) is 2.44. The van der Waals surface area contributed by atoms with Crippen LogP contribution in [0.3, 0.4) is 0 Å². The van der Waals surface area contributed by atoms with Crippen molar-refractivity contribution in [3.8, 4) is 5.75 Å². The monoisotopic (exact) mass is 296 g/mol. The van der Waals surface area contributed by atoms with E-state index in [0.717, 1.165) is 18.9 Å². The van der Waals surface area contributed by atoms with Gasteiger partial charge in [-0.2, -0.15) is 0 Å². The van der Waals surface area contributed by atoms with Gasteiger partial charge in [0.1, 0.15) is 11.6 Å². The largest absolute Gasteiger partial charge is 0.496 e. The SMILES string of the molecule is CCCCN(CC(N)=O)CC(=O)c1cc(F)ccc1OC. The van der Waals surface area contributed by atoms with Crippen LogP contribution < -0.4 is 10.5 Å². The number of hydrogen-bond donors (Lipinski definition) is 1. The second-order valence-corrected chi connectivity index (χ2v) is 4.80. The molecule has 6 heteroatoms. The lowest BCUT2D eigenvalue weighted by Gasteiger charge is -2.20. The fourth-order valence-electron chi connectivity index (χ4n) is 2.00. The lowest BCUT2D eigenvalue weighted by atomic mass is 10.1. The third kappa shape index (κ3) is 5.51. The number of primary amides is 1. The van der Waals surface area contributed by atoms with Crippen LogP contribution in [-0.4, -0.2) is 43.3 Å². The highest BCUT2D eigenvalue weighted by Gasteiger charge is 2.18. The van der Waals surface area contributed by atoms with Gasteiger partial charge in [0, 0.05) is 0 Å². The number of nitrogens with zero attached hydrogens (tertiary/aromatic N) is 1. The molecule has 2 N–H and O–H groups in total. The lowest BCUT2D eigenvalue weighted by molar-refractivity contribution is -0.119. The van der Waals surface area contributed by atoms with Crippen LogP contribution in [-0.2, 0) is 4.79 Å². The molecular formula is C15H21FN2O3. The predicted molar refractivity (Wildman–Crippen MR) is 77.8 cm³/mol. The van der Waals surface area contributed by atoms with Crippen molar-refractivity contribution in [2.45, 2.75) is 19.8 Å². The number of carbonyl (C=O) groups excluding carboxylic acids is 2. The maximum atomic E-state index is 13.3. The number of methoxy groups -OCH3 is 1. The molecule has 0 unspecified atom stereocenters. The molecule has 0 atom stereocenters. The first-order chi connectivity index (χ1) is 9.97. The molecule has 0 aliphatic rings. The maximum absolute atomic E-state index is 13.3. The van der Waals surface area contributed by atoms with Crippen molar-refractivity contribution in [2.24, 2.45) is 5.73 Å². The Labute approximate surface area is 123 Å². The molecule has 0 bridgehead atoms. The third-order valence-corrected chi connectivity index (χ3v) is 3.04. The number of ketones is 1. The van der Waals surface area contributed by atoms with Gasteiger partial charge in [-0.1, -0.05) is 13.3 Å². The molecule has 116 valence electrons. The van der Waals surface area contributed by atoms with E-state index in [-0.39, 0.29) is 24.4 Å². The van der Waals surface area contributed by atoms with Gasteiger partial charge >= 0.3 is 0 Å². The van der Waals surface area contributed by atoms with E-state index in [9.17, 15) is 14.0 Å². The van der Waals surface area contributed by atoms with E-state index in [4.69, 9.17) is 10.5 Å². The quantitative estimate of drug-likeness (QED) is 0.703. The Bertz CT molecular complexity index is 506. The van der Waals surface area contributed by atoms with E-state index >= 15 is 0 Å². The van der Waals surface area contributed by atoms with Gasteiger partial charge in [0.05, 0.1) is 25.8 Å². The molecule has 0 radical (unpaired) electrons. The summed E-state index contributed by atoms with van der Waals surface area (Å²) in [6, 6.07) is 3.78. The van der Waals surface area contributed by atoms with Gasteiger partial charge in [-0.05, 0) is 31.2 Å². The summed E-state index contributed by atoms with van der Waals surface area (Å²) >= 11 is 0. The van der Waals surface area contributed by atoms with E-state index in [1.165, 1.54) is 19.2 Å². The summed E-state index contributed by atoms with van der Waals surface area (Å²) in [5.74, 6) is -0.987. The van der Waals surface area contributed by atoms with Crippen molar-refractivity contribution in [1.29, 1.82) is 0 Å². The Morgan fingerprint density at radius 1 is 1.33 bits per heavy atom. The summed E-state index contributed by atoms with van der Waals surface area (Å²) in [6.07, 6.45) is 1.79. The van der Waals surface area contributed by atoms with Crippen LogP contribution in [0.2, 0.25) is 0 Å². The number of unbranched alkanes of at least 4 members (excludes halogenated alkanes) is 1. The van der Waals surface area contributed by atoms with Crippen molar-refractivity contribution in [3.63, 3.8) is 0 Å². The summed E-state index contributed by atoms with van der Waals surface area (Å²) in [6.45, 7) is 2.61. The van der Waals surface area contributed by atoms with Crippen molar-refractivity contribution in [2.75, 3.05) is 26.7 Å². The molecule has 21 heavy (non-hydrogen) atoms. The van der Waals surface area contributed by atoms with Crippen LogP contribution in [0.5, 0.6) is 5.75 Å². The van der Waals surface area contributed by atoms with Gasteiger partial charge in [-0.15, -0.1) is 0 Å². The molecule has 0 aromatic heterocycles. The molecule has 1 amide bonds. The first-order valence-electron chi connectivity index (χ1n) is 6.85. The normalized spacial score (nSPS) is 10.7. The molecule has 0 saturated carbocycles. The zero-order chi connectivity index (χ0) is 15.8. The van der Waals surface area contributed by atoms with Gasteiger partial charge in [0.2, 0.25) is 5.91 Å². The second-order valence-electron chi connectivity index (χ2n) is 4.80. The van der Waals surface area contributed by atoms with Crippen LogP contribution in [0.15, 0.2) is 18.2 Å². The number of amides is 1. The Kier molecular flexibility index (Phi) is 6.81. The van der Waals surface area contributed by atoms with Crippen LogP contribution in [0, 0.1) is 5.82 Å². The Balaban J connectivity index is 2.85. The molecule has 0 heterocycles. The first-order valence-corrected chi connectivity index (χ1v) is 6.85. The van der Waals surface area contributed by atoms with E-state index in [0.29, 0.717) is 12.3 Å². The number of carbonyl (C=O) groups is 2. The summed E-state index contributed by atoms with van der Waals surface area (Å²) < 4.78 is 18.4. The topological polar surface area (TPSA) is 72.6 Å². The van der Waals surface area contributed by atoms with Gasteiger partial charge < -0.3 is 10.5 Å². The Hall–Kier alpha value is -1.95. The average molecular weight is 296 g/mol. The van der Waals surface area contributed by atoms with Gasteiger partial charge in [-0.25, -0.2) is 4.39 Å². The Morgan fingerprint density at radius 2 is 2.05 bits per heavy atom. The first kappa shape index (κ1) is 17.1. The summed E-state index contributed by atoms with van der Waals surface area (Å²) in [5, 5.41) is 0. The third-order valence-electron chi connectivity index (χ3n) is 3.04. The predicted octanol–water partition coefficient (Wildman–Crippen LogP) is 1.60. The molecule has 0 saturated heterocycles. The fourth-order valence-corrected chi connectivity index (χ4v) is 2.00.